The SMILES string of the molecule is CC/C=C\C/C=C\C/C=C\C/C=C\C/C=C\C/C=C\C/C=C\CCCCCCCCCCCCCCCCCCCCCC(=O)NC(COC1OC(CO)C(OC2OC(CO)C(OC3OC(CO)C(O)C(O)C3O)C(O)C2O)C(O)C1O)C(O)CCCCCCCCCCCCCCCCCCCCCCCCC. The minimum Gasteiger partial charge on any atom is -0.394 e. The Kier molecular flexibility index (Phi) is 63.7. The first kappa shape index (κ1) is 100. The van der Waals surface area contributed by atoms with Crippen LogP contribution in [-0.2, 0) is 33.2 Å². The number of ether oxygens (including phenoxy) is 6. The lowest BCUT2D eigenvalue weighted by atomic mass is 9.96. The molecule has 0 aromatic heterocycles. The van der Waals surface area contributed by atoms with Crippen molar-refractivity contribution in [2.75, 3.05) is 26.4 Å². The Morgan fingerprint density at radius 3 is 0.991 bits per heavy atom. The first-order chi connectivity index (χ1) is 53.3. The molecule has 109 heavy (non-hydrogen) atoms. The zero-order valence-corrected chi connectivity index (χ0v) is 68.3. The lowest BCUT2D eigenvalue weighted by Gasteiger charge is -2.48. The highest BCUT2D eigenvalue weighted by molar-refractivity contribution is 5.76. The molecule has 19 heteroatoms. The smallest absolute Gasteiger partial charge is 0.220 e. The zero-order chi connectivity index (χ0) is 78.8. The van der Waals surface area contributed by atoms with E-state index in [4.69, 9.17) is 28.4 Å². The number of carbonyl (C=O) groups excluding carboxylic acids is 1. The van der Waals surface area contributed by atoms with Crippen molar-refractivity contribution in [2.24, 2.45) is 0 Å². The average molecular weight is 1550 g/mol. The van der Waals surface area contributed by atoms with Crippen LogP contribution < -0.4 is 5.32 Å². The van der Waals surface area contributed by atoms with Crippen molar-refractivity contribution in [1.29, 1.82) is 0 Å². The first-order valence-electron chi connectivity index (χ1n) is 44.3. The van der Waals surface area contributed by atoms with Crippen molar-refractivity contribution in [3.05, 3.63) is 85.1 Å². The summed E-state index contributed by atoms with van der Waals surface area (Å²) in [4.78, 5) is 13.5. The van der Waals surface area contributed by atoms with E-state index in [9.17, 15) is 61.0 Å². The Balaban J connectivity index is 1.30. The molecule has 3 saturated heterocycles. The molecular formula is C90H161NO18. The summed E-state index contributed by atoms with van der Waals surface area (Å²) in [6, 6.07) is -0.891. The molecule has 3 rings (SSSR count). The van der Waals surface area contributed by atoms with Crippen LogP contribution in [0.4, 0.5) is 0 Å². The summed E-state index contributed by atoms with van der Waals surface area (Å²) in [6.45, 7) is 1.73. The van der Waals surface area contributed by atoms with Gasteiger partial charge < -0.3 is 89.9 Å². The van der Waals surface area contributed by atoms with Crippen LogP contribution in [0.2, 0.25) is 0 Å². The number of aliphatic hydroxyl groups excluding tert-OH is 11. The van der Waals surface area contributed by atoms with Crippen LogP contribution in [0.15, 0.2) is 85.1 Å². The number of nitrogens with one attached hydrogen (secondary N) is 1. The van der Waals surface area contributed by atoms with Crippen molar-refractivity contribution in [3.8, 4) is 0 Å². The van der Waals surface area contributed by atoms with Crippen LogP contribution in [0.1, 0.15) is 348 Å². The predicted molar refractivity (Wildman–Crippen MR) is 438 cm³/mol. The minimum absolute atomic E-state index is 0.238. The van der Waals surface area contributed by atoms with Gasteiger partial charge >= 0.3 is 0 Å². The summed E-state index contributed by atoms with van der Waals surface area (Å²) < 4.78 is 34.6. The minimum atomic E-state index is -1.97. The average Bonchev–Trinajstić information content (AvgIpc) is 0.760. The van der Waals surface area contributed by atoms with Crippen LogP contribution in [0.3, 0.4) is 0 Å². The summed E-state index contributed by atoms with van der Waals surface area (Å²) in [5.41, 5.74) is 0. The molecule has 0 aromatic rings. The first-order valence-corrected chi connectivity index (χ1v) is 44.3. The third kappa shape index (κ3) is 48.2. The lowest BCUT2D eigenvalue weighted by Crippen LogP contribution is -2.66. The van der Waals surface area contributed by atoms with Crippen molar-refractivity contribution >= 4 is 5.91 Å². The molecule has 1 amide bonds. The van der Waals surface area contributed by atoms with E-state index in [0.717, 1.165) is 89.9 Å². The summed E-state index contributed by atoms with van der Waals surface area (Å²) >= 11 is 0. The summed E-state index contributed by atoms with van der Waals surface area (Å²) in [5.74, 6) is -0.238. The maximum atomic E-state index is 13.5. The number of hydrogen-bond acceptors (Lipinski definition) is 18. The highest BCUT2D eigenvalue weighted by atomic mass is 16.8. The molecule has 3 heterocycles. The summed E-state index contributed by atoms with van der Waals surface area (Å²) in [7, 11) is 0. The standard InChI is InChI=1S/C90H161NO18/c1-3-5-7-9-11-13-15-17-19-21-23-25-27-28-29-30-31-32-33-34-35-36-37-38-39-40-41-42-43-44-46-48-50-52-54-56-58-60-62-64-66-68-78(96)91-73(74(95)67-65-63-61-59-57-55-53-51-49-47-45-26-24-22-20-18-16-14-12-10-8-6-4-2)72-104-88-84(102)81(99)86(76(70-93)106-88)109-90-85(103)82(100)87(77(71-94)107-90)108-89-83(101)80(98)79(97)75(69-92)105-89/h5,7,11,13,17,19,23,25,28-29,31-32,34-35,73-77,79-90,92-95,97-103H,3-4,6,8-10,12,14-16,18,20-22,24,26-27,30,33,36-72H2,1-2H3,(H,91,96)/b7-5-,13-11-,19-17-,25-23-,29-28-,32-31-,35-34-. The van der Waals surface area contributed by atoms with Gasteiger partial charge in [0, 0.05) is 6.42 Å². The van der Waals surface area contributed by atoms with Crippen molar-refractivity contribution < 1.29 is 89.4 Å². The third-order valence-electron chi connectivity index (χ3n) is 21.7. The topological polar surface area (TPSA) is 307 Å². The van der Waals surface area contributed by atoms with Crippen LogP contribution in [0.25, 0.3) is 0 Å². The second-order valence-electron chi connectivity index (χ2n) is 31.3. The molecular weight excluding hydrogens is 1380 g/mol. The Hall–Kier alpha value is -3.03. The molecule has 3 fully saturated rings. The molecule has 19 nitrogen and oxygen atoms in total. The van der Waals surface area contributed by atoms with Crippen LogP contribution >= 0.6 is 0 Å². The lowest BCUT2D eigenvalue weighted by molar-refractivity contribution is -0.379. The van der Waals surface area contributed by atoms with E-state index >= 15 is 0 Å². The fraction of sp³-hybridized carbons (Fsp3) is 0.833. The Bertz CT molecular complexity index is 2300. The molecule has 12 N–H and O–H groups in total. The van der Waals surface area contributed by atoms with Gasteiger partial charge in [0.2, 0.25) is 5.91 Å². The van der Waals surface area contributed by atoms with Gasteiger partial charge in [-0.25, -0.2) is 0 Å². The quantitative estimate of drug-likeness (QED) is 0.0199. The second kappa shape index (κ2) is 69.3. The predicted octanol–water partition coefficient (Wildman–Crippen LogP) is 16.5. The van der Waals surface area contributed by atoms with E-state index in [1.807, 2.05) is 0 Å². The van der Waals surface area contributed by atoms with Gasteiger partial charge in [-0.3, -0.25) is 4.79 Å². The van der Waals surface area contributed by atoms with Crippen molar-refractivity contribution in [1.82, 2.24) is 5.32 Å². The molecule has 0 aliphatic carbocycles. The number of amides is 1. The molecule has 0 spiro atoms. The van der Waals surface area contributed by atoms with Crippen molar-refractivity contribution in [2.45, 2.75) is 452 Å². The van der Waals surface area contributed by atoms with Gasteiger partial charge in [0.05, 0.1) is 38.6 Å². The molecule has 0 saturated carbocycles. The van der Waals surface area contributed by atoms with Gasteiger partial charge in [0.1, 0.15) is 73.2 Å². The number of hydrogen-bond donors (Lipinski definition) is 12. The van der Waals surface area contributed by atoms with Gasteiger partial charge in [-0.1, -0.05) is 356 Å². The van der Waals surface area contributed by atoms with Gasteiger partial charge in [0.15, 0.2) is 18.9 Å². The van der Waals surface area contributed by atoms with Crippen LogP contribution in [0.5, 0.6) is 0 Å². The largest absolute Gasteiger partial charge is 0.394 e. The Labute approximate surface area is 661 Å². The highest BCUT2D eigenvalue weighted by Crippen LogP contribution is 2.34. The third-order valence-corrected chi connectivity index (χ3v) is 21.7. The van der Waals surface area contributed by atoms with Gasteiger partial charge in [-0.2, -0.15) is 0 Å². The number of rotatable bonds is 71. The number of aliphatic hydroxyl groups is 11. The number of carbonyl (C=O) groups is 1. The maximum Gasteiger partial charge on any atom is 0.220 e. The molecule has 17 unspecified atom stereocenters. The Morgan fingerprint density at radius 2 is 0.633 bits per heavy atom. The fourth-order valence-electron chi connectivity index (χ4n) is 14.7. The molecule has 634 valence electrons. The number of unbranched alkanes of at least 4 members (excludes halogenated alkanes) is 41. The monoisotopic (exact) mass is 1540 g/mol. The molecule has 0 aromatic carbocycles. The molecule has 0 radical (unpaired) electrons. The van der Waals surface area contributed by atoms with Gasteiger partial charge in [-0.05, 0) is 70.6 Å². The maximum absolute atomic E-state index is 13.5. The molecule has 3 aliphatic heterocycles. The van der Waals surface area contributed by atoms with E-state index < -0.39 is 124 Å². The van der Waals surface area contributed by atoms with Gasteiger partial charge in [-0.15, -0.1) is 0 Å². The van der Waals surface area contributed by atoms with Crippen LogP contribution in [0, 0.1) is 0 Å². The van der Waals surface area contributed by atoms with Gasteiger partial charge in [0.25, 0.3) is 0 Å². The highest BCUT2D eigenvalue weighted by Gasteiger charge is 2.54. The Morgan fingerprint density at radius 1 is 0.339 bits per heavy atom. The zero-order valence-electron chi connectivity index (χ0n) is 68.3. The number of allylic oxidation sites excluding steroid dienone is 14. The molecule has 17 atom stereocenters. The molecule has 3 aliphatic rings. The van der Waals surface area contributed by atoms with Crippen LogP contribution in [-0.4, -0.2) is 193 Å². The van der Waals surface area contributed by atoms with E-state index in [0.29, 0.717) is 12.8 Å². The normalized spacial score (nSPS) is 25.7. The fourth-order valence-corrected chi connectivity index (χ4v) is 14.7. The van der Waals surface area contributed by atoms with E-state index in [-0.39, 0.29) is 18.9 Å². The molecule has 0 bridgehead atoms. The van der Waals surface area contributed by atoms with E-state index in [1.165, 1.54) is 225 Å². The summed E-state index contributed by atoms with van der Waals surface area (Å²) in [6.07, 6.45) is 66.8. The second-order valence-corrected chi connectivity index (χ2v) is 31.3. The van der Waals surface area contributed by atoms with Crippen molar-refractivity contribution in [3.63, 3.8) is 0 Å². The van der Waals surface area contributed by atoms with E-state index in [1.54, 1.807) is 0 Å². The summed E-state index contributed by atoms with van der Waals surface area (Å²) in [5, 5.41) is 121. The van der Waals surface area contributed by atoms with E-state index in [2.05, 4.69) is 104 Å².